The number of carbonyl (C=O) groups excluding carboxylic acids is 2. The van der Waals surface area contributed by atoms with Gasteiger partial charge in [0.15, 0.2) is 34.6 Å². The molecule has 3 aromatic carbocycles. The Labute approximate surface area is 291 Å². The van der Waals surface area contributed by atoms with Crippen molar-refractivity contribution in [1.82, 2.24) is 0 Å². The highest BCUT2D eigenvalue weighted by atomic mass is 79.9. The summed E-state index contributed by atoms with van der Waals surface area (Å²) in [5.41, 5.74) is 3.47. The Morgan fingerprint density at radius 2 is 1.35 bits per heavy atom. The first kappa shape index (κ1) is 33.8. The largest absolute Gasteiger partial charge is 0.493 e. The van der Waals surface area contributed by atoms with Crippen molar-refractivity contribution in [2.75, 3.05) is 13.7 Å². The Bertz CT molecular complexity index is 1750. The Kier molecular flexibility index (Phi) is 9.49. The quantitative estimate of drug-likeness (QED) is 0.207. The van der Waals surface area contributed by atoms with Gasteiger partial charge in [0.2, 0.25) is 0 Å². The fourth-order valence-electron chi connectivity index (χ4n) is 6.98. The summed E-state index contributed by atoms with van der Waals surface area (Å²) in [6.45, 7) is 11.5. The lowest BCUT2D eigenvalue weighted by atomic mass is 9.65. The molecular weight excluding hydrogens is 672 g/mol. The number of ketones is 2. The van der Waals surface area contributed by atoms with Gasteiger partial charge in [-0.3, -0.25) is 9.59 Å². The molecule has 0 aromatic heterocycles. The number of halogens is 1. The van der Waals surface area contributed by atoms with E-state index in [1.165, 1.54) is 0 Å². The minimum Gasteiger partial charge on any atom is -0.493 e. The molecule has 0 amide bonds. The van der Waals surface area contributed by atoms with E-state index in [1.54, 1.807) is 7.11 Å². The van der Waals surface area contributed by atoms with E-state index in [4.69, 9.17) is 23.7 Å². The van der Waals surface area contributed by atoms with Crippen molar-refractivity contribution in [3.8, 4) is 23.0 Å². The van der Waals surface area contributed by atoms with E-state index in [1.807, 2.05) is 67.6 Å². The molecule has 7 nitrogen and oxygen atoms in total. The van der Waals surface area contributed by atoms with E-state index in [2.05, 4.69) is 43.6 Å². The van der Waals surface area contributed by atoms with E-state index in [-0.39, 0.29) is 29.0 Å². The number of ether oxygens (including phenoxy) is 5. The van der Waals surface area contributed by atoms with Crippen LogP contribution in [0.15, 0.2) is 87.8 Å². The average molecular weight is 716 g/mol. The van der Waals surface area contributed by atoms with E-state index >= 15 is 0 Å². The van der Waals surface area contributed by atoms with Gasteiger partial charge in [0, 0.05) is 42.7 Å². The first-order chi connectivity index (χ1) is 22.9. The number of methoxy groups -OCH3 is 1. The average Bonchev–Trinajstić information content (AvgIpc) is 3.02. The van der Waals surface area contributed by atoms with Crippen molar-refractivity contribution < 1.29 is 33.3 Å². The van der Waals surface area contributed by atoms with Crippen LogP contribution in [0.5, 0.6) is 23.0 Å². The van der Waals surface area contributed by atoms with Gasteiger partial charge in [-0.15, -0.1) is 0 Å². The summed E-state index contributed by atoms with van der Waals surface area (Å²) >= 11 is 3.73. The predicted octanol–water partition coefficient (Wildman–Crippen LogP) is 9.41. The molecule has 6 rings (SSSR count). The fourth-order valence-corrected chi connectivity index (χ4v) is 7.55. The molecule has 48 heavy (non-hydrogen) atoms. The summed E-state index contributed by atoms with van der Waals surface area (Å²) in [6, 6.07) is 19.6. The molecule has 2 aliphatic carbocycles. The second kappa shape index (κ2) is 13.5. The second-order valence-electron chi connectivity index (χ2n) is 14.4. The monoisotopic (exact) mass is 714 g/mol. The molecule has 0 N–H and O–H groups in total. The van der Waals surface area contributed by atoms with Crippen LogP contribution < -0.4 is 18.9 Å². The maximum atomic E-state index is 13.8. The normalized spacial score (nSPS) is 18.6. The van der Waals surface area contributed by atoms with Crippen LogP contribution in [0, 0.1) is 10.8 Å². The summed E-state index contributed by atoms with van der Waals surface area (Å²) in [6.07, 6.45) is 2.06. The van der Waals surface area contributed by atoms with Gasteiger partial charge in [-0.05, 0) is 74.6 Å². The Hall–Kier alpha value is -4.04. The molecule has 0 fully saturated rings. The predicted molar refractivity (Wildman–Crippen MR) is 187 cm³/mol. The topological polar surface area (TPSA) is 80.3 Å². The molecule has 0 unspecified atom stereocenters. The van der Waals surface area contributed by atoms with Gasteiger partial charge < -0.3 is 23.7 Å². The smallest absolute Gasteiger partial charge is 0.175 e. The van der Waals surface area contributed by atoms with Gasteiger partial charge in [0.1, 0.15) is 24.7 Å². The van der Waals surface area contributed by atoms with Crippen LogP contribution in [0.25, 0.3) is 0 Å². The molecule has 0 bridgehead atoms. The molecule has 0 saturated carbocycles. The molecule has 252 valence electrons. The van der Waals surface area contributed by atoms with Crippen LogP contribution in [0.4, 0.5) is 0 Å². The molecule has 1 aliphatic heterocycles. The van der Waals surface area contributed by atoms with Gasteiger partial charge in [0.05, 0.1) is 18.2 Å². The lowest BCUT2D eigenvalue weighted by Gasteiger charge is -2.42. The third-order valence-corrected chi connectivity index (χ3v) is 9.68. The SMILES string of the molecule is CCOc1cc(COc2c(Br)cc(C3C4=C(CC(C)(C)CC4=O)OC4=C3C(=O)CC(C)(C)C4)cc2OC)ccc1OCc1ccccc1. The summed E-state index contributed by atoms with van der Waals surface area (Å²) in [4.78, 5) is 27.5. The molecule has 3 aliphatic rings. The van der Waals surface area contributed by atoms with Gasteiger partial charge in [0.25, 0.3) is 0 Å². The zero-order valence-electron chi connectivity index (χ0n) is 28.5. The van der Waals surface area contributed by atoms with E-state index in [0.29, 0.717) is 89.0 Å². The van der Waals surface area contributed by atoms with Crippen molar-refractivity contribution in [3.05, 3.63) is 104 Å². The zero-order valence-corrected chi connectivity index (χ0v) is 30.1. The first-order valence-electron chi connectivity index (χ1n) is 16.5. The van der Waals surface area contributed by atoms with Crippen molar-refractivity contribution in [3.63, 3.8) is 0 Å². The van der Waals surface area contributed by atoms with Crippen LogP contribution in [-0.2, 0) is 27.5 Å². The molecule has 3 aromatic rings. The molecule has 1 heterocycles. The van der Waals surface area contributed by atoms with Crippen LogP contribution in [-0.4, -0.2) is 25.3 Å². The van der Waals surface area contributed by atoms with E-state index in [0.717, 1.165) is 16.7 Å². The molecular formula is C40H43BrO7. The minimum absolute atomic E-state index is 0.0205. The summed E-state index contributed by atoms with van der Waals surface area (Å²) in [7, 11) is 1.59. The molecule has 0 atom stereocenters. The number of Topliss-reactive ketones (excluding diaryl/α,β-unsaturated/α-hetero) is 2. The van der Waals surface area contributed by atoms with Crippen molar-refractivity contribution in [2.45, 2.75) is 79.4 Å². The standard InChI is InChI=1S/C40H43BrO7/c1-7-45-31-15-25(13-14-30(31)46-22-24-11-9-8-10-12-24)23-47-38-27(41)16-26(17-32(38)44-6)35-36-28(42)18-39(2,3)20-33(36)48-34-21-40(4,5)19-29(43)37(34)35/h8-17,35H,7,18-23H2,1-6H3. The Morgan fingerprint density at radius 3 is 1.96 bits per heavy atom. The lowest BCUT2D eigenvalue weighted by Crippen LogP contribution is -2.37. The third kappa shape index (κ3) is 7.05. The molecule has 0 saturated heterocycles. The van der Waals surface area contributed by atoms with Gasteiger partial charge in [-0.2, -0.15) is 0 Å². The number of benzene rings is 3. The highest BCUT2D eigenvalue weighted by Crippen LogP contribution is 2.54. The lowest BCUT2D eigenvalue weighted by molar-refractivity contribution is -0.120. The van der Waals surface area contributed by atoms with E-state index in [9.17, 15) is 9.59 Å². The number of hydrogen-bond donors (Lipinski definition) is 0. The summed E-state index contributed by atoms with van der Waals surface area (Å²) < 4.78 is 31.3. The number of carbonyl (C=O) groups is 2. The van der Waals surface area contributed by atoms with Gasteiger partial charge in [-0.1, -0.05) is 64.1 Å². The zero-order chi connectivity index (χ0) is 34.2. The highest BCUT2D eigenvalue weighted by Gasteiger charge is 2.48. The maximum Gasteiger partial charge on any atom is 0.175 e. The Balaban J connectivity index is 1.30. The Morgan fingerprint density at radius 1 is 0.729 bits per heavy atom. The third-order valence-electron chi connectivity index (χ3n) is 9.10. The van der Waals surface area contributed by atoms with Gasteiger partial charge >= 0.3 is 0 Å². The van der Waals surface area contributed by atoms with Crippen LogP contribution in [0.1, 0.15) is 82.9 Å². The molecule has 0 spiro atoms. The van der Waals surface area contributed by atoms with Crippen molar-refractivity contribution >= 4 is 27.5 Å². The highest BCUT2D eigenvalue weighted by molar-refractivity contribution is 9.10. The second-order valence-corrected chi connectivity index (χ2v) is 15.3. The maximum absolute atomic E-state index is 13.8. The van der Waals surface area contributed by atoms with Crippen molar-refractivity contribution in [1.29, 1.82) is 0 Å². The van der Waals surface area contributed by atoms with Crippen LogP contribution >= 0.6 is 15.9 Å². The molecule has 8 heteroatoms. The fraction of sp³-hybridized carbons (Fsp3) is 0.400. The van der Waals surface area contributed by atoms with Gasteiger partial charge in [-0.25, -0.2) is 0 Å². The number of hydrogen-bond acceptors (Lipinski definition) is 7. The molecule has 0 radical (unpaired) electrons. The first-order valence-corrected chi connectivity index (χ1v) is 17.3. The number of allylic oxidation sites excluding steroid dienone is 4. The van der Waals surface area contributed by atoms with Crippen LogP contribution in [0.2, 0.25) is 0 Å². The van der Waals surface area contributed by atoms with Crippen molar-refractivity contribution in [2.24, 2.45) is 10.8 Å². The van der Waals surface area contributed by atoms with Crippen LogP contribution in [0.3, 0.4) is 0 Å². The minimum atomic E-state index is -0.535. The summed E-state index contributed by atoms with van der Waals surface area (Å²) in [5, 5.41) is 0. The number of rotatable bonds is 10. The summed E-state index contributed by atoms with van der Waals surface area (Å²) in [5.74, 6) is 3.19. The van der Waals surface area contributed by atoms with E-state index < -0.39 is 5.92 Å².